The van der Waals surface area contributed by atoms with Gasteiger partial charge in [0.2, 0.25) is 41.1 Å². The summed E-state index contributed by atoms with van der Waals surface area (Å²) in [5.74, 6) is -56.1. The predicted molar refractivity (Wildman–Crippen MR) is 479 cm³/mol. The minimum atomic E-state index is -3.12. The second-order valence-electron chi connectivity index (χ2n) is 31.6. The van der Waals surface area contributed by atoms with E-state index in [4.69, 9.17) is 61.6 Å². The molecule has 13 rings (SSSR count). The van der Waals surface area contributed by atoms with E-state index in [2.05, 4.69) is 18.7 Å². The molecule has 11 aromatic rings. The number of rotatable bonds is 31. The summed E-state index contributed by atoms with van der Waals surface area (Å²) in [6, 6.07) is 18.6. The van der Waals surface area contributed by atoms with Crippen LogP contribution in [0.15, 0.2) is 152 Å². The quantitative estimate of drug-likeness (QED) is 0.00639. The van der Waals surface area contributed by atoms with E-state index in [0.717, 1.165) is 50.9 Å². The van der Waals surface area contributed by atoms with Crippen molar-refractivity contribution in [2.24, 2.45) is 0 Å². The molecule has 1 heterocycles. The second-order valence-corrected chi connectivity index (χ2v) is 31.6. The van der Waals surface area contributed by atoms with Gasteiger partial charge in [-0.1, -0.05) is 57.0 Å². The first-order valence-electron chi connectivity index (χ1n) is 42.4. The molecule has 2 fully saturated rings. The van der Waals surface area contributed by atoms with Crippen molar-refractivity contribution < 1.29 is 242 Å². The van der Waals surface area contributed by atoms with Gasteiger partial charge in [-0.25, -0.2) is 47.9 Å². The van der Waals surface area contributed by atoms with Gasteiger partial charge in [0.05, 0.1) is 74.3 Å². The van der Waals surface area contributed by atoms with Crippen LogP contribution < -0.4 is 23.7 Å². The molecular formula is C96H83NO49. The van der Waals surface area contributed by atoms with E-state index in [-0.39, 0.29) is 5.97 Å². The monoisotopic (exact) mass is 2030 g/mol. The summed E-state index contributed by atoms with van der Waals surface area (Å²) in [5, 5.41) is 261. The summed E-state index contributed by atoms with van der Waals surface area (Å²) in [6.45, 7) is 7.08. The third-order valence-electron chi connectivity index (χ3n) is 22.0. The maximum atomic E-state index is 15.3. The standard InChI is InChI=1S/C76H52O46.C20H31NO3/c77-32-1-22(2-33(78)53(32)92)67(103)113-47-16-27(11-42(87)58(47)97)66(102)112-21-52-63(119-72(108)28-12-43(88)59(98)48(17-28)114-68(104)23-3-34(79)54(93)35(80)4-23)64(120-73(109)29-13-44(89)60(99)49(18-29)115-69(105)24-5-36(81)55(94)37(82)6-24)65(121-74(110)30-14-45(90)61(100)50(19-30)116-70(106)25-7-38(83)56(95)39(84)8-25)76(118-52)122-75(111)31-15-46(91)62(101)51(20-31)117-71(107)26-9-40(85)57(96)41(86)10-26;1-3-21(4-2)14-15-23-16-17-24-19(22)20(12-8-9-13-20)18-10-6-5-7-11-18/h1-20,52,63-65,76-101H,21H2;5-7,10-11H,3-4,8-9,12-17H2,1-2H3/t52-,63-,64+,65-,76+;/m1./s1. The van der Waals surface area contributed by atoms with Crippen molar-refractivity contribution in [1.82, 2.24) is 4.90 Å². The topological polar surface area (TPSA) is 817 Å². The smallest absolute Gasteiger partial charge is 0.343 e. The van der Waals surface area contributed by atoms with E-state index < -0.39 is 331 Å². The first-order valence-corrected chi connectivity index (χ1v) is 42.4. The van der Waals surface area contributed by atoms with Gasteiger partial charge in [-0.2, -0.15) is 0 Å². The Morgan fingerprint density at radius 3 is 0.829 bits per heavy atom. The van der Waals surface area contributed by atoms with Crippen molar-refractivity contribution >= 4 is 65.7 Å². The molecule has 1 aliphatic heterocycles. The highest BCUT2D eigenvalue weighted by Crippen LogP contribution is 2.49. The Balaban J connectivity index is 0.000000689. The Morgan fingerprint density at radius 1 is 0.288 bits per heavy atom. The molecule has 25 N–H and O–H groups in total. The Hall–Kier alpha value is -19.5. The summed E-state index contributed by atoms with van der Waals surface area (Å²) < 4.78 is 71.6. The average Bonchev–Trinajstić information content (AvgIpc) is 0.777. The molecule has 11 aromatic carbocycles. The molecule has 1 aliphatic carbocycles. The zero-order chi connectivity index (χ0) is 107. The van der Waals surface area contributed by atoms with Gasteiger partial charge in [-0.15, -0.1) is 0 Å². The number of nitrogens with zero attached hydrogens (tertiary/aromatic N) is 1. The van der Waals surface area contributed by atoms with Crippen molar-refractivity contribution in [2.45, 2.75) is 75.7 Å². The number of ether oxygens (including phenoxy) is 13. The lowest BCUT2D eigenvalue weighted by Gasteiger charge is -2.43. The lowest BCUT2D eigenvalue weighted by Crippen LogP contribution is -2.63. The minimum Gasteiger partial charge on any atom is -0.504 e. The van der Waals surface area contributed by atoms with Crippen molar-refractivity contribution in [1.29, 1.82) is 0 Å². The van der Waals surface area contributed by atoms with E-state index >= 15 is 14.4 Å². The van der Waals surface area contributed by atoms with E-state index in [9.17, 15) is 166 Å². The largest absolute Gasteiger partial charge is 0.504 e. The minimum absolute atomic E-state index is 0.0847. The number of phenolic OH excluding ortho intramolecular Hbond substituents is 25. The molecule has 0 bridgehead atoms. The van der Waals surface area contributed by atoms with Crippen LogP contribution in [-0.4, -0.2) is 275 Å². The summed E-state index contributed by atoms with van der Waals surface area (Å²) in [4.78, 5) is 157. The van der Waals surface area contributed by atoms with Crippen molar-refractivity contribution in [3.63, 3.8) is 0 Å². The Bertz CT molecular complexity index is 6870. The Kier molecular flexibility index (Phi) is 32.0. The van der Waals surface area contributed by atoms with Crippen LogP contribution in [0.3, 0.4) is 0 Å². The molecule has 5 atom stereocenters. The SMILES string of the molecule is CCN(CC)CCOCCOC(=O)C1(c2ccccc2)CCCC1.O=C(OC[C@H]1O[C@@H](OC(=O)c2cc(O)c(O)c(OC(=O)c3cc(O)c(O)c(O)c3)c2)[C@H](OC(=O)c2cc(O)c(O)c(OC(=O)c3cc(O)c(O)c(O)c3)c2)[C@@H](OC(=O)c2cc(O)c(O)c(OC(=O)c3cc(O)c(O)c(O)c3)c2)[C@@H]1OC(=O)c1cc(O)c(O)c(OC(=O)c2cc(O)c(O)c(O)c2)c1)c1cc(O)c(O)c(OC(=O)c2cc(O)c(O)c(O)c2)c1. The maximum absolute atomic E-state index is 15.3. The van der Waals surface area contributed by atoms with Crippen LogP contribution in [-0.2, 0) is 48.1 Å². The highest BCUT2D eigenvalue weighted by atomic mass is 16.8. The molecule has 1 saturated carbocycles. The van der Waals surface area contributed by atoms with Gasteiger partial charge in [0, 0.05) is 6.54 Å². The molecule has 1 saturated heterocycles. The fourth-order valence-corrected chi connectivity index (χ4v) is 14.4. The number of hydrogen-bond acceptors (Lipinski definition) is 50. The molecule has 2 aliphatic rings. The van der Waals surface area contributed by atoms with Gasteiger partial charge >= 0.3 is 65.7 Å². The molecule has 0 unspecified atom stereocenters. The molecule has 0 radical (unpaired) electrons. The Labute approximate surface area is 816 Å². The number of phenols is 25. The number of carbonyl (C=O) groups excluding carboxylic acids is 11. The van der Waals surface area contributed by atoms with Gasteiger partial charge in [-0.3, -0.25) is 4.79 Å². The molecule has 766 valence electrons. The maximum Gasteiger partial charge on any atom is 0.343 e. The van der Waals surface area contributed by atoms with Crippen molar-refractivity contribution in [3.8, 4) is 172 Å². The summed E-state index contributed by atoms with van der Waals surface area (Å²) in [5.41, 5.74) is -9.24. The number of likely N-dealkylation sites (N-methyl/N-ethyl adjacent to an activating group) is 1. The molecule has 0 amide bonds. The first kappa shape index (κ1) is 105. The van der Waals surface area contributed by atoms with Gasteiger partial charge in [0.1, 0.15) is 19.3 Å². The number of benzene rings is 11. The van der Waals surface area contributed by atoms with E-state index in [1.54, 1.807) is 0 Å². The van der Waals surface area contributed by atoms with Gasteiger partial charge < -0.3 is 194 Å². The molecule has 50 heteroatoms. The number of esters is 11. The third-order valence-corrected chi connectivity index (χ3v) is 22.0. The zero-order valence-corrected chi connectivity index (χ0v) is 75.0. The third kappa shape index (κ3) is 23.6. The summed E-state index contributed by atoms with van der Waals surface area (Å²) in [7, 11) is 0. The highest BCUT2D eigenvalue weighted by molar-refractivity contribution is 6.00. The predicted octanol–water partition coefficient (Wildman–Crippen LogP) is 8.24. The highest BCUT2D eigenvalue weighted by Gasteiger charge is 2.56. The zero-order valence-electron chi connectivity index (χ0n) is 75.0. The van der Waals surface area contributed by atoms with Crippen LogP contribution in [0.1, 0.15) is 149 Å². The van der Waals surface area contributed by atoms with Crippen LogP contribution in [0.2, 0.25) is 0 Å². The normalized spacial score (nSPS) is 14.9. The molecular weight excluding hydrogens is 1950 g/mol. The summed E-state index contributed by atoms with van der Waals surface area (Å²) in [6.07, 6.45) is -11.1. The van der Waals surface area contributed by atoms with E-state index in [0.29, 0.717) is 141 Å². The first-order chi connectivity index (χ1) is 69.1. The fraction of sp³-hybridized carbons (Fsp3) is 0.198. The van der Waals surface area contributed by atoms with E-state index in [1.807, 2.05) is 30.3 Å². The molecule has 50 nitrogen and oxygen atoms in total. The van der Waals surface area contributed by atoms with Crippen LogP contribution in [0.5, 0.6) is 172 Å². The lowest BCUT2D eigenvalue weighted by atomic mass is 9.79. The molecule has 0 spiro atoms. The number of carbonyl (C=O) groups is 11. The van der Waals surface area contributed by atoms with Crippen molar-refractivity contribution in [3.05, 3.63) is 213 Å². The Morgan fingerprint density at radius 2 is 0.541 bits per heavy atom. The van der Waals surface area contributed by atoms with Crippen LogP contribution in [0, 0.1) is 0 Å². The van der Waals surface area contributed by atoms with Gasteiger partial charge in [0.15, 0.2) is 156 Å². The van der Waals surface area contributed by atoms with Gasteiger partial charge in [-0.05, 0) is 153 Å². The average molecular weight is 2030 g/mol. The molecule has 146 heavy (non-hydrogen) atoms. The fourth-order valence-electron chi connectivity index (χ4n) is 14.4. The molecule has 0 aromatic heterocycles. The number of aromatic hydroxyl groups is 25. The van der Waals surface area contributed by atoms with E-state index in [1.165, 1.54) is 0 Å². The van der Waals surface area contributed by atoms with Crippen LogP contribution >= 0.6 is 0 Å². The second kappa shape index (κ2) is 44.3. The number of hydrogen-bond donors (Lipinski definition) is 25. The van der Waals surface area contributed by atoms with Crippen molar-refractivity contribution in [2.75, 3.05) is 46.1 Å². The van der Waals surface area contributed by atoms with Crippen LogP contribution in [0.4, 0.5) is 0 Å². The van der Waals surface area contributed by atoms with Crippen LogP contribution in [0.25, 0.3) is 0 Å². The lowest BCUT2D eigenvalue weighted by molar-refractivity contribution is -0.282. The van der Waals surface area contributed by atoms with Gasteiger partial charge in [0.25, 0.3) is 0 Å². The summed E-state index contributed by atoms with van der Waals surface area (Å²) >= 11 is 0.